The molecule has 34 heavy (non-hydrogen) atoms. The third-order valence-corrected chi connectivity index (χ3v) is 5.48. The standard InChI is InChI=1S/C26H25N7O/c27-20(10-19-14-31-24-7-2-1-6-23(19)24)16-34-22-12-18(13-29-15-22)17-4-3-5-21(11-17)32-25-8-9-30-26(28)33-25/h1-9,11-15,20,31H,10,16,27H2,(H3,28,30,32,33)/t20-/m0/s1. The topological polar surface area (TPSA) is 128 Å². The lowest BCUT2D eigenvalue weighted by Crippen LogP contribution is -2.30. The van der Waals surface area contributed by atoms with Gasteiger partial charge in [-0.2, -0.15) is 4.98 Å². The van der Waals surface area contributed by atoms with Gasteiger partial charge in [0, 0.05) is 46.8 Å². The van der Waals surface area contributed by atoms with Gasteiger partial charge >= 0.3 is 0 Å². The Morgan fingerprint density at radius 2 is 1.91 bits per heavy atom. The summed E-state index contributed by atoms with van der Waals surface area (Å²) < 4.78 is 5.99. The van der Waals surface area contributed by atoms with Crippen LogP contribution in [0.3, 0.4) is 0 Å². The molecule has 0 bridgehead atoms. The van der Waals surface area contributed by atoms with Gasteiger partial charge in [-0.25, -0.2) is 4.98 Å². The van der Waals surface area contributed by atoms with Gasteiger partial charge in [0.05, 0.1) is 6.20 Å². The van der Waals surface area contributed by atoms with Crippen LogP contribution < -0.4 is 21.5 Å². The van der Waals surface area contributed by atoms with Crippen LogP contribution in [-0.2, 0) is 6.42 Å². The predicted octanol–water partition coefficient (Wildman–Crippen LogP) is 4.29. The molecule has 0 spiro atoms. The number of nitrogen functional groups attached to an aromatic ring is 1. The van der Waals surface area contributed by atoms with E-state index in [1.165, 1.54) is 10.9 Å². The second kappa shape index (κ2) is 9.60. The number of nitrogens with one attached hydrogen (secondary N) is 2. The van der Waals surface area contributed by atoms with Gasteiger partial charge in [0.2, 0.25) is 5.95 Å². The number of hydrogen-bond donors (Lipinski definition) is 4. The van der Waals surface area contributed by atoms with Crippen LogP contribution in [0.4, 0.5) is 17.5 Å². The van der Waals surface area contributed by atoms with Gasteiger partial charge in [0.25, 0.3) is 0 Å². The van der Waals surface area contributed by atoms with Crippen LogP contribution in [0.15, 0.2) is 85.5 Å². The van der Waals surface area contributed by atoms with Crippen LogP contribution in [0.2, 0.25) is 0 Å². The van der Waals surface area contributed by atoms with E-state index in [9.17, 15) is 0 Å². The number of pyridine rings is 1. The molecule has 8 heteroatoms. The van der Waals surface area contributed by atoms with E-state index in [-0.39, 0.29) is 12.0 Å². The molecule has 3 aromatic heterocycles. The van der Waals surface area contributed by atoms with Crippen molar-refractivity contribution >= 4 is 28.4 Å². The highest BCUT2D eigenvalue weighted by molar-refractivity contribution is 5.83. The maximum Gasteiger partial charge on any atom is 0.221 e. The molecule has 0 aliphatic rings. The molecule has 0 amide bonds. The Morgan fingerprint density at radius 3 is 2.82 bits per heavy atom. The summed E-state index contributed by atoms with van der Waals surface area (Å²) in [6.45, 7) is 0.390. The van der Waals surface area contributed by atoms with E-state index in [1.54, 1.807) is 24.7 Å². The minimum absolute atomic E-state index is 0.143. The van der Waals surface area contributed by atoms with E-state index in [0.29, 0.717) is 18.2 Å². The van der Waals surface area contributed by atoms with Crippen LogP contribution >= 0.6 is 0 Å². The quantitative estimate of drug-likeness (QED) is 0.277. The Labute approximate surface area is 197 Å². The molecule has 3 heterocycles. The lowest BCUT2D eigenvalue weighted by atomic mass is 10.1. The molecule has 170 valence electrons. The summed E-state index contributed by atoms with van der Waals surface area (Å²) >= 11 is 0. The zero-order valence-electron chi connectivity index (χ0n) is 18.5. The minimum atomic E-state index is -0.143. The second-order valence-corrected chi connectivity index (χ2v) is 8.05. The summed E-state index contributed by atoms with van der Waals surface area (Å²) in [4.78, 5) is 15.7. The Balaban J connectivity index is 1.24. The molecule has 8 nitrogen and oxygen atoms in total. The van der Waals surface area contributed by atoms with E-state index in [0.717, 1.165) is 28.8 Å². The number of aromatic nitrogens is 4. The first-order chi connectivity index (χ1) is 16.6. The molecule has 6 N–H and O–H groups in total. The van der Waals surface area contributed by atoms with E-state index < -0.39 is 0 Å². The minimum Gasteiger partial charge on any atom is -0.490 e. The van der Waals surface area contributed by atoms with E-state index in [4.69, 9.17) is 16.2 Å². The number of nitrogens with zero attached hydrogens (tertiary/aromatic N) is 3. The first-order valence-electron chi connectivity index (χ1n) is 11.0. The molecular formula is C26H25N7O. The number of benzene rings is 2. The summed E-state index contributed by atoms with van der Waals surface area (Å²) in [5.74, 6) is 1.52. The maximum absolute atomic E-state index is 6.37. The lowest BCUT2D eigenvalue weighted by molar-refractivity contribution is 0.287. The smallest absolute Gasteiger partial charge is 0.221 e. The molecule has 5 rings (SSSR count). The first-order valence-corrected chi connectivity index (χ1v) is 11.0. The van der Waals surface area contributed by atoms with Crippen molar-refractivity contribution in [2.75, 3.05) is 17.7 Å². The van der Waals surface area contributed by atoms with Crippen LogP contribution in [0.25, 0.3) is 22.0 Å². The molecule has 0 aliphatic carbocycles. The molecule has 1 atom stereocenters. The Morgan fingerprint density at radius 1 is 1.00 bits per heavy atom. The molecule has 0 fully saturated rings. The number of aromatic amines is 1. The largest absolute Gasteiger partial charge is 0.490 e. The Kier molecular flexibility index (Phi) is 6.05. The average Bonchev–Trinajstić information content (AvgIpc) is 3.26. The number of nitrogens with two attached hydrogens (primary N) is 2. The fourth-order valence-corrected chi connectivity index (χ4v) is 3.87. The molecule has 0 unspecified atom stereocenters. The van der Waals surface area contributed by atoms with E-state index in [2.05, 4.69) is 37.4 Å². The van der Waals surface area contributed by atoms with Gasteiger partial charge in [-0.05, 0) is 47.9 Å². The van der Waals surface area contributed by atoms with Gasteiger partial charge < -0.3 is 26.5 Å². The van der Waals surface area contributed by atoms with Crippen LogP contribution in [-0.4, -0.2) is 32.6 Å². The highest BCUT2D eigenvalue weighted by atomic mass is 16.5. The fourth-order valence-electron chi connectivity index (χ4n) is 3.87. The monoisotopic (exact) mass is 451 g/mol. The zero-order valence-corrected chi connectivity index (χ0v) is 18.5. The predicted molar refractivity (Wildman–Crippen MR) is 135 cm³/mol. The number of fused-ring (bicyclic) bond motifs is 1. The van der Waals surface area contributed by atoms with E-state index in [1.807, 2.05) is 48.7 Å². The highest BCUT2D eigenvalue weighted by Crippen LogP contribution is 2.26. The van der Waals surface area contributed by atoms with Gasteiger partial charge in [-0.15, -0.1) is 0 Å². The van der Waals surface area contributed by atoms with Crippen molar-refractivity contribution in [3.05, 3.63) is 91.0 Å². The summed E-state index contributed by atoms with van der Waals surface area (Å²) in [6.07, 6.45) is 7.86. The molecule has 0 radical (unpaired) electrons. The van der Waals surface area contributed by atoms with Crippen molar-refractivity contribution in [1.29, 1.82) is 0 Å². The fraction of sp³-hybridized carbons (Fsp3) is 0.115. The maximum atomic E-state index is 6.37. The molecule has 0 saturated carbocycles. The van der Waals surface area contributed by atoms with Crippen LogP contribution in [0.5, 0.6) is 5.75 Å². The van der Waals surface area contributed by atoms with Gasteiger partial charge in [0.15, 0.2) is 0 Å². The third kappa shape index (κ3) is 4.97. The summed E-state index contributed by atoms with van der Waals surface area (Å²) in [5, 5.41) is 4.44. The highest BCUT2D eigenvalue weighted by Gasteiger charge is 2.10. The number of H-pyrrole nitrogens is 1. The van der Waals surface area contributed by atoms with Crippen LogP contribution in [0.1, 0.15) is 5.56 Å². The molecule has 5 aromatic rings. The van der Waals surface area contributed by atoms with Gasteiger partial charge in [-0.3, -0.25) is 4.98 Å². The molecule has 0 saturated heterocycles. The normalized spacial score (nSPS) is 11.9. The van der Waals surface area contributed by atoms with Crippen molar-refractivity contribution < 1.29 is 4.74 Å². The summed E-state index contributed by atoms with van der Waals surface area (Å²) in [7, 11) is 0. The van der Waals surface area contributed by atoms with Crippen molar-refractivity contribution in [3.63, 3.8) is 0 Å². The summed E-state index contributed by atoms with van der Waals surface area (Å²) in [6, 6.07) is 19.8. The number of rotatable bonds is 8. The summed E-state index contributed by atoms with van der Waals surface area (Å²) in [5.41, 5.74) is 17.1. The molecular weight excluding hydrogens is 426 g/mol. The van der Waals surface area contributed by atoms with E-state index >= 15 is 0 Å². The second-order valence-electron chi connectivity index (χ2n) is 8.05. The van der Waals surface area contributed by atoms with Gasteiger partial charge in [0.1, 0.15) is 18.2 Å². The Bertz CT molecular complexity index is 1420. The van der Waals surface area contributed by atoms with Crippen molar-refractivity contribution in [2.24, 2.45) is 5.73 Å². The van der Waals surface area contributed by atoms with Gasteiger partial charge in [-0.1, -0.05) is 30.3 Å². The van der Waals surface area contributed by atoms with Crippen molar-refractivity contribution in [3.8, 4) is 16.9 Å². The molecule has 2 aromatic carbocycles. The molecule has 0 aliphatic heterocycles. The van der Waals surface area contributed by atoms with Crippen molar-refractivity contribution in [2.45, 2.75) is 12.5 Å². The average molecular weight is 452 g/mol. The third-order valence-electron chi connectivity index (χ3n) is 5.48. The number of anilines is 3. The lowest BCUT2D eigenvalue weighted by Gasteiger charge is -2.14. The number of para-hydroxylation sites is 1. The zero-order chi connectivity index (χ0) is 23.3. The Hall–Kier alpha value is -4.43. The van der Waals surface area contributed by atoms with Crippen molar-refractivity contribution in [1.82, 2.24) is 19.9 Å². The SMILES string of the molecule is Nc1nccc(Nc2cccc(-c3cncc(OC[C@@H](N)Cc4c[nH]c5ccccc45)c3)c2)n1. The first kappa shape index (κ1) is 21.4. The number of ether oxygens (including phenoxy) is 1. The van der Waals surface area contributed by atoms with Crippen LogP contribution in [0, 0.1) is 0 Å². The number of hydrogen-bond acceptors (Lipinski definition) is 7.